The Morgan fingerprint density at radius 2 is 2.18 bits per heavy atom. The lowest BCUT2D eigenvalue weighted by molar-refractivity contribution is 0.0886. The molecule has 1 aromatic carbocycles. The molecule has 1 aromatic heterocycles. The van der Waals surface area contributed by atoms with Crippen LogP contribution in [0.25, 0.3) is 11.1 Å². The Kier molecular flexibility index (Phi) is 2.71. The fraction of sp³-hybridized carbons (Fsp3) is 0.417. The Hall–Kier alpha value is -1.75. The summed E-state index contributed by atoms with van der Waals surface area (Å²) >= 11 is 0. The van der Waals surface area contributed by atoms with Crippen molar-refractivity contribution in [3.8, 4) is 0 Å². The molecule has 0 amide bonds. The number of H-pyrrole nitrogens is 1. The number of nitrogens with zero attached hydrogens (tertiary/aromatic N) is 1. The zero-order chi connectivity index (χ0) is 12.6. The predicted molar refractivity (Wildman–Crippen MR) is 66.4 cm³/mol. The molecule has 0 radical (unpaired) electrons. The molecule has 2 rings (SSSR count). The average molecular weight is 236 g/mol. The van der Waals surface area contributed by atoms with Gasteiger partial charge in [0.25, 0.3) is 0 Å². The molecule has 1 heterocycles. The maximum absolute atomic E-state index is 11.0. The van der Waals surface area contributed by atoms with Crippen LogP contribution in [0.4, 0.5) is 5.69 Å². The van der Waals surface area contributed by atoms with Gasteiger partial charge in [0.05, 0.1) is 11.1 Å². The number of anilines is 1. The van der Waals surface area contributed by atoms with Gasteiger partial charge in [-0.15, -0.1) is 0 Å². The highest BCUT2D eigenvalue weighted by atomic mass is 16.4. The van der Waals surface area contributed by atoms with E-state index in [0.29, 0.717) is 17.6 Å². The van der Waals surface area contributed by atoms with Gasteiger partial charge in [-0.2, -0.15) is 0 Å². The third-order valence-corrected chi connectivity index (χ3v) is 2.47. The van der Waals surface area contributed by atoms with Crippen molar-refractivity contribution in [3.05, 3.63) is 28.7 Å². The first kappa shape index (κ1) is 11.7. The van der Waals surface area contributed by atoms with Crippen LogP contribution in [-0.2, 0) is 0 Å². The first-order valence-electron chi connectivity index (χ1n) is 5.41. The second-order valence-corrected chi connectivity index (χ2v) is 4.86. The number of oxazole rings is 1. The summed E-state index contributed by atoms with van der Waals surface area (Å²) in [5.41, 5.74) is 1.34. The van der Waals surface area contributed by atoms with Crippen LogP contribution in [0.3, 0.4) is 0 Å². The van der Waals surface area contributed by atoms with Gasteiger partial charge in [0.1, 0.15) is 0 Å². The zero-order valence-electron chi connectivity index (χ0n) is 10.2. The standard InChI is InChI=1S/C12H16N2O3/c1-12(2,16)7-14(3)8-4-5-10-9(6-8)13-11(15)17-10/h4-6,16H,7H2,1-3H3,(H,13,15). The van der Waals surface area contributed by atoms with Crippen LogP contribution in [0.15, 0.2) is 27.4 Å². The predicted octanol–water partition coefficient (Wildman–Crippen LogP) is 1.33. The summed E-state index contributed by atoms with van der Waals surface area (Å²) in [6, 6.07) is 5.42. The minimum Gasteiger partial charge on any atom is -0.408 e. The second-order valence-electron chi connectivity index (χ2n) is 4.86. The fourth-order valence-corrected chi connectivity index (χ4v) is 1.85. The topological polar surface area (TPSA) is 69.5 Å². The van der Waals surface area contributed by atoms with E-state index in [9.17, 15) is 9.90 Å². The van der Waals surface area contributed by atoms with Crippen molar-refractivity contribution < 1.29 is 9.52 Å². The third kappa shape index (κ3) is 2.68. The quantitative estimate of drug-likeness (QED) is 0.843. The van der Waals surface area contributed by atoms with Crippen LogP contribution in [0, 0.1) is 0 Å². The summed E-state index contributed by atoms with van der Waals surface area (Å²) in [5.74, 6) is -0.456. The molecule has 0 bridgehead atoms. The number of benzene rings is 1. The number of fused-ring (bicyclic) bond motifs is 1. The molecule has 0 fully saturated rings. The van der Waals surface area contributed by atoms with E-state index >= 15 is 0 Å². The summed E-state index contributed by atoms with van der Waals surface area (Å²) in [5, 5.41) is 9.75. The Morgan fingerprint density at radius 1 is 1.47 bits per heavy atom. The van der Waals surface area contributed by atoms with E-state index in [1.165, 1.54) is 0 Å². The van der Waals surface area contributed by atoms with Crippen LogP contribution in [0.2, 0.25) is 0 Å². The number of hydrogen-bond acceptors (Lipinski definition) is 4. The summed E-state index contributed by atoms with van der Waals surface area (Å²) in [7, 11) is 1.89. The molecule has 2 aromatic rings. The summed E-state index contributed by atoms with van der Waals surface area (Å²) < 4.78 is 4.92. The van der Waals surface area contributed by atoms with Crippen LogP contribution >= 0.6 is 0 Å². The van der Waals surface area contributed by atoms with Crippen molar-refractivity contribution in [2.45, 2.75) is 19.4 Å². The van der Waals surface area contributed by atoms with Crippen molar-refractivity contribution >= 4 is 16.8 Å². The molecule has 5 heteroatoms. The van der Waals surface area contributed by atoms with Crippen molar-refractivity contribution in [3.63, 3.8) is 0 Å². The van der Waals surface area contributed by atoms with Gasteiger partial charge < -0.3 is 14.4 Å². The molecule has 0 saturated heterocycles. The van der Waals surface area contributed by atoms with Crippen LogP contribution in [0.5, 0.6) is 0 Å². The van der Waals surface area contributed by atoms with Gasteiger partial charge in [0.15, 0.2) is 5.58 Å². The highest BCUT2D eigenvalue weighted by molar-refractivity contribution is 5.77. The SMILES string of the molecule is CN(CC(C)(C)O)c1ccc2oc(=O)[nH]c2c1. The van der Waals surface area contributed by atoms with E-state index in [4.69, 9.17) is 4.42 Å². The van der Waals surface area contributed by atoms with E-state index in [-0.39, 0.29) is 0 Å². The monoisotopic (exact) mass is 236 g/mol. The molecular formula is C12H16N2O3. The molecule has 0 unspecified atom stereocenters. The first-order valence-corrected chi connectivity index (χ1v) is 5.41. The number of likely N-dealkylation sites (N-methyl/N-ethyl adjacent to an activating group) is 1. The fourth-order valence-electron chi connectivity index (χ4n) is 1.85. The smallest absolute Gasteiger partial charge is 0.408 e. The van der Waals surface area contributed by atoms with Crippen LogP contribution in [0.1, 0.15) is 13.8 Å². The van der Waals surface area contributed by atoms with Crippen LogP contribution in [-0.4, -0.2) is 29.3 Å². The normalized spacial score (nSPS) is 12.0. The van der Waals surface area contributed by atoms with Gasteiger partial charge in [0, 0.05) is 19.3 Å². The third-order valence-electron chi connectivity index (χ3n) is 2.47. The molecule has 17 heavy (non-hydrogen) atoms. The molecule has 0 aliphatic carbocycles. The van der Waals surface area contributed by atoms with Gasteiger partial charge in [-0.25, -0.2) is 4.79 Å². The van der Waals surface area contributed by atoms with E-state index in [2.05, 4.69) is 4.98 Å². The van der Waals surface area contributed by atoms with E-state index in [1.807, 2.05) is 24.1 Å². The zero-order valence-corrected chi connectivity index (χ0v) is 10.2. The van der Waals surface area contributed by atoms with Crippen molar-refractivity contribution in [2.75, 3.05) is 18.5 Å². The van der Waals surface area contributed by atoms with Crippen molar-refractivity contribution in [1.29, 1.82) is 0 Å². The highest BCUT2D eigenvalue weighted by Gasteiger charge is 2.16. The molecule has 0 atom stereocenters. The largest absolute Gasteiger partial charge is 0.417 e. The maximum Gasteiger partial charge on any atom is 0.417 e. The lowest BCUT2D eigenvalue weighted by atomic mass is 10.1. The lowest BCUT2D eigenvalue weighted by Crippen LogP contribution is -2.36. The van der Waals surface area contributed by atoms with E-state index in [1.54, 1.807) is 19.9 Å². The van der Waals surface area contributed by atoms with Crippen molar-refractivity contribution in [2.24, 2.45) is 0 Å². The number of hydrogen-bond donors (Lipinski definition) is 2. The number of rotatable bonds is 3. The second kappa shape index (κ2) is 3.92. The maximum atomic E-state index is 11.0. The molecule has 0 saturated carbocycles. The average Bonchev–Trinajstić information content (AvgIpc) is 2.53. The van der Waals surface area contributed by atoms with Gasteiger partial charge in [-0.3, -0.25) is 4.98 Å². The van der Waals surface area contributed by atoms with Gasteiger partial charge >= 0.3 is 5.76 Å². The Morgan fingerprint density at radius 3 is 2.82 bits per heavy atom. The van der Waals surface area contributed by atoms with Crippen LogP contribution < -0.4 is 10.7 Å². The highest BCUT2D eigenvalue weighted by Crippen LogP contribution is 2.20. The van der Waals surface area contributed by atoms with E-state index in [0.717, 1.165) is 5.69 Å². The first-order chi connectivity index (χ1) is 7.85. The number of nitrogens with one attached hydrogen (secondary N) is 1. The van der Waals surface area contributed by atoms with E-state index < -0.39 is 11.4 Å². The molecule has 0 spiro atoms. The molecular weight excluding hydrogens is 220 g/mol. The van der Waals surface area contributed by atoms with Gasteiger partial charge in [-0.1, -0.05) is 0 Å². The summed E-state index contributed by atoms with van der Waals surface area (Å²) in [6.45, 7) is 4.00. The summed E-state index contributed by atoms with van der Waals surface area (Å²) in [4.78, 5) is 15.5. The lowest BCUT2D eigenvalue weighted by Gasteiger charge is -2.27. The summed E-state index contributed by atoms with van der Waals surface area (Å²) in [6.07, 6.45) is 0. The number of aliphatic hydroxyl groups is 1. The number of aromatic nitrogens is 1. The molecule has 0 aliphatic heterocycles. The minimum absolute atomic E-state index is 0.456. The molecule has 0 aliphatic rings. The van der Waals surface area contributed by atoms with Gasteiger partial charge in [0.2, 0.25) is 0 Å². The van der Waals surface area contributed by atoms with Gasteiger partial charge in [-0.05, 0) is 32.0 Å². The molecule has 2 N–H and O–H groups in total. The molecule has 92 valence electrons. The minimum atomic E-state index is -0.770. The molecule has 5 nitrogen and oxygen atoms in total. The van der Waals surface area contributed by atoms with Crippen molar-refractivity contribution in [1.82, 2.24) is 4.98 Å². The Labute approximate surface area is 98.7 Å². The Bertz CT molecular complexity index is 577. The number of aromatic amines is 1. The Balaban J connectivity index is 2.32.